The van der Waals surface area contributed by atoms with Crippen molar-refractivity contribution in [1.82, 2.24) is 0 Å². The zero-order valence-corrected chi connectivity index (χ0v) is 15.9. The van der Waals surface area contributed by atoms with Crippen LogP contribution in [0.15, 0.2) is 36.4 Å². The number of ether oxygens (including phenoxy) is 3. The Labute approximate surface area is 164 Å². The minimum Gasteiger partial charge on any atom is -0.454 e. The molecule has 6 nitrogen and oxygen atoms in total. The summed E-state index contributed by atoms with van der Waals surface area (Å²) in [6, 6.07) is 12.4. The van der Waals surface area contributed by atoms with E-state index < -0.39 is 0 Å². The van der Waals surface area contributed by atoms with Crippen LogP contribution >= 0.6 is 0 Å². The monoisotopic (exact) mass is 380 g/mol. The number of nitrogens with zero attached hydrogens (tertiary/aromatic N) is 2. The summed E-state index contributed by atoms with van der Waals surface area (Å²) in [5, 5.41) is 0. The Kier molecular flexibility index (Phi) is 4.56. The fraction of sp³-hybridized carbons (Fsp3) is 0.409. The van der Waals surface area contributed by atoms with E-state index in [1.165, 1.54) is 11.3 Å². The molecular formula is C22H24N2O4. The second kappa shape index (κ2) is 7.36. The normalized spacial score (nSPS) is 17.7. The Balaban J connectivity index is 1.27. The summed E-state index contributed by atoms with van der Waals surface area (Å²) in [6.07, 6.45) is 2.11. The number of amides is 1. The van der Waals surface area contributed by atoms with E-state index in [1.54, 1.807) is 0 Å². The van der Waals surface area contributed by atoms with Gasteiger partial charge in [-0.2, -0.15) is 0 Å². The Morgan fingerprint density at radius 1 is 0.964 bits per heavy atom. The molecule has 2 aromatic rings. The quantitative estimate of drug-likeness (QED) is 0.816. The minimum absolute atomic E-state index is 0.176. The molecule has 0 aromatic heterocycles. The van der Waals surface area contributed by atoms with Gasteiger partial charge in [-0.3, -0.25) is 4.79 Å². The maximum atomic E-state index is 12.9. The van der Waals surface area contributed by atoms with Gasteiger partial charge in [0.1, 0.15) is 0 Å². The summed E-state index contributed by atoms with van der Waals surface area (Å²) in [6.45, 7) is 4.36. The van der Waals surface area contributed by atoms with E-state index in [2.05, 4.69) is 23.1 Å². The molecule has 0 unspecified atom stereocenters. The van der Waals surface area contributed by atoms with Crippen LogP contribution in [0.2, 0.25) is 0 Å². The SMILES string of the molecule is O=C(CCc1ccc2c(c1)OCO2)N1CCc2ccc(N3CCOCC3)cc21. The molecule has 5 rings (SSSR count). The lowest BCUT2D eigenvalue weighted by molar-refractivity contribution is -0.118. The first-order valence-electron chi connectivity index (χ1n) is 9.92. The highest BCUT2D eigenvalue weighted by molar-refractivity contribution is 5.96. The topological polar surface area (TPSA) is 51.2 Å². The summed E-state index contributed by atoms with van der Waals surface area (Å²) < 4.78 is 16.2. The molecule has 0 spiro atoms. The van der Waals surface area contributed by atoms with Crippen molar-refractivity contribution < 1.29 is 19.0 Å². The average molecular weight is 380 g/mol. The molecular weight excluding hydrogens is 356 g/mol. The van der Waals surface area contributed by atoms with Crippen LogP contribution < -0.4 is 19.3 Å². The first-order chi connectivity index (χ1) is 13.8. The van der Waals surface area contributed by atoms with Crippen LogP contribution in [0.3, 0.4) is 0 Å². The Hall–Kier alpha value is -2.73. The van der Waals surface area contributed by atoms with Crippen molar-refractivity contribution in [2.75, 3.05) is 49.4 Å². The van der Waals surface area contributed by atoms with E-state index in [0.717, 1.165) is 62.0 Å². The fourth-order valence-corrected chi connectivity index (χ4v) is 4.13. The second-order valence-electron chi connectivity index (χ2n) is 7.40. The number of hydrogen-bond acceptors (Lipinski definition) is 5. The summed E-state index contributed by atoms with van der Waals surface area (Å²) >= 11 is 0. The number of carbonyl (C=O) groups excluding carboxylic acids is 1. The molecule has 6 heteroatoms. The summed E-state index contributed by atoms with van der Waals surface area (Å²) in [7, 11) is 0. The Bertz CT molecular complexity index is 892. The molecule has 0 bridgehead atoms. The van der Waals surface area contributed by atoms with Gasteiger partial charge >= 0.3 is 0 Å². The number of hydrogen-bond donors (Lipinski definition) is 0. The lowest BCUT2D eigenvalue weighted by Crippen LogP contribution is -2.36. The van der Waals surface area contributed by atoms with Crippen LogP contribution in [0.4, 0.5) is 11.4 Å². The van der Waals surface area contributed by atoms with Crippen LogP contribution in [0.25, 0.3) is 0 Å². The second-order valence-corrected chi connectivity index (χ2v) is 7.40. The van der Waals surface area contributed by atoms with Gasteiger partial charge in [0.2, 0.25) is 12.7 Å². The number of anilines is 2. The molecule has 0 aliphatic carbocycles. The summed E-state index contributed by atoms with van der Waals surface area (Å²) in [5.41, 5.74) is 4.60. The molecule has 0 atom stereocenters. The van der Waals surface area contributed by atoms with Crippen LogP contribution in [-0.4, -0.2) is 45.5 Å². The Morgan fingerprint density at radius 3 is 2.71 bits per heavy atom. The van der Waals surface area contributed by atoms with Gasteiger partial charge in [-0.25, -0.2) is 0 Å². The predicted molar refractivity (Wildman–Crippen MR) is 106 cm³/mol. The number of benzene rings is 2. The predicted octanol–water partition coefficient (Wildman–Crippen LogP) is 2.77. The summed E-state index contributed by atoms with van der Waals surface area (Å²) in [4.78, 5) is 17.2. The van der Waals surface area contributed by atoms with Crippen LogP contribution in [0.1, 0.15) is 17.5 Å². The highest BCUT2D eigenvalue weighted by atomic mass is 16.7. The van der Waals surface area contributed by atoms with Crippen molar-refractivity contribution >= 4 is 17.3 Å². The maximum absolute atomic E-state index is 12.9. The van der Waals surface area contributed by atoms with Crippen LogP contribution in [-0.2, 0) is 22.4 Å². The Morgan fingerprint density at radius 2 is 1.82 bits per heavy atom. The van der Waals surface area contributed by atoms with Gasteiger partial charge in [-0.05, 0) is 48.2 Å². The van der Waals surface area contributed by atoms with Gasteiger partial charge in [0, 0.05) is 37.4 Å². The molecule has 146 valence electrons. The molecule has 3 heterocycles. The highest BCUT2D eigenvalue weighted by Crippen LogP contribution is 2.34. The molecule has 1 amide bonds. The van der Waals surface area contributed by atoms with Gasteiger partial charge in [0.25, 0.3) is 0 Å². The maximum Gasteiger partial charge on any atom is 0.231 e. The smallest absolute Gasteiger partial charge is 0.231 e. The van der Waals surface area contributed by atoms with Crippen molar-refractivity contribution in [3.8, 4) is 11.5 Å². The highest BCUT2D eigenvalue weighted by Gasteiger charge is 2.26. The van der Waals surface area contributed by atoms with Gasteiger partial charge in [-0.1, -0.05) is 12.1 Å². The molecule has 2 aromatic carbocycles. The van der Waals surface area contributed by atoms with E-state index in [4.69, 9.17) is 14.2 Å². The molecule has 28 heavy (non-hydrogen) atoms. The lowest BCUT2D eigenvalue weighted by atomic mass is 10.1. The number of fused-ring (bicyclic) bond motifs is 2. The van der Waals surface area contributed by atoms with E-state index in [9.17, 15) is 4.79 Å². The first-order valence-corrected chi connectivity index (χ1v) is 9.92. The van der Waals surface area contributed by atoms with Crippen molar-refractivity contribution in [3.63, 3.8) is 0 Å². The molecule has 3 aliphatic heterocycles. The molecule has 1 fully saturated rings. The van der Waals surface area contributed by atoms with E-state index >= 15 is 0 Å². The van der Waals surface area contributed by atoms with Gasteiger partial charge in [0.05, 0.1) is 13.2 Å². The third kappa shape index (κ3) is 3.29. The van der Waals surface area contributed by atoms with Crippen molar-refractivity contribution in [2.24, 2.45) is 0 Å². The number of carbonyl (C=O) groups is 1. The standard InChI is InChI=1S/C22H24N2O4/c25-22(6-2-16-1-5-20-21(13-16)28-15-27-20)24-8-7-17-3-4-18(14-19(17)24)23-9-11-26-12-10-23/h1,3-5,13-14H,2,6-12,15H2. The van der Waals surface area contributed by atoms with Crippen molar-refractivity contribution in [2.45, 2.75) is 19.3 Å². The van der Waals surface area contributed by atoms with E-state index in [1.807, 2.05) is 23.1 Å². The first kappa shape index (κ1) is 17.4. The van der Waals surface area contributed by atoms with E-state index in [0.29, 0.717) is 12.8 Å². The number of morpholine rings is 1. The lowest BCUT2D eigenvalue weighted by Gasteiger charge is -2.29. The average Bonchev–Trinajstić information content (AvgIpc) is 3.38. The van der Waals surface area contributed by atoms with Crippen molar-refractivity contribution in [1.29, 1.82) is 0 Å². The zero-order valence-electron chi connectivity index (χ0n) is 15.9. The van der Waals surface area contributed by atoms with Gasteiger partial charge in [-0.15, -0.1) is 0 Å². The van der Waals surface area contributed by atoms with Gasteiger partial charge in [0.15, 0.2) is 11.5 Å². The fourth-order valence-electron chi connectivity index (χ4n) is 4.13. The number of rotatable bonds is 4. The summed E-state index contributed by atoms with van der Waals surface area (Å²) in [5.74, 6) is 1.72. The zero-order chi connectivity index (χ0) is 18.9. The minimum atomic E-state index is 0.176. The van der Waals surface area contributed by atoms with Crippen LogP contribution in [0, 0.1) is 0 Å². The van der Waals surface area contributed by atoms with Gasteiger partial charge < -0.3 is 24.0 Å². The third-order valence-corrected chi connectivity index (χ3v) is 5.71. The molecule has 0 N–H and O–H groups in total. The largest absolute Gasteiger partial charge is 0.454 e. The molecule has 0 radical (unpaired) electrons. The van der Waals surface area contributed by atoms with Crippen LogP contribution in [0.5, 0.6) is 11.5 Å². The molecule has 1 saturated heterocycles. The third-order valence-electron chi connectivity index (χ3n) is 5.71. The molecule has 3 aliphatic rings. The number of aryl methyl sites for hydroxylation is 1. The van der Waals surface area contributed by atoms with Crippen molar-refractivity contribution in [3.05, 3.63) is 47.5 Å². The van der Waals surface area contributed by atoms with E-state index in [-0.39, 0.29) is 12.7 Å². The molecule has 0 saturated carbocycles.